The molecule has 0 radical (unpaired) electrons. The lowest BCUT2D eigenvalue weighted by molar-refractivity contribution is 0.199. The van der Waals surface area contributed by atoms with Gasteiger partial charge in [-0.3, -0.25) is 0 Å². The molecule has 114 valence electrons. The highest BCUT2D eigenvalue weighted by atomic mass is 16.5. The van der Waals surface area contributed by atoms with E-state index >= 15 is 0 Å². The lowest BCUT2D eigenvalue weighted by atomic mass is 10.2. The summed E-state index contributed by atoms with van der Waals surface area (Å²) < 4.78 is 5.02. The highest BCUT2D eigenvalue weighted by molar-refractivity contribution is 5.47. The molecule has 0 bridgehead atoms. The van der Waals surface area contributed by atoms with Crippen LogP contribution in [0, 0.1) is 6.92 Å². The Morgan fingerprint density at radius 2 is 1.95 bits per heavy atom. The average molecular weight is 279 g/mol. The van der Waals surface area contributed by atoms with E-state index in [9.17, 15) is 0 Å². The van der Waals surface area contributed by atoms with Crippen LogP contribution in [-0.2, 0) is 11.3 Å². The van der Waals surface area contributed by atoms with Gasteiger partial charge in [-0.2, -0.15) is 0 Å². The van der Waals surface area contributed by atoms with Gasteiger partial charge in [-0.15, -0.1) is 0 Å². The van der Waals surface area contributed by atoms with Gasteiger partial charge in [0.1, 0.15) is 5.82 Å². The summed E-state index contributed by atoms with van der Waals surface area (Å²) in [6.45, 7) is 11.2. The fraction of sp³-hybridized carbons (Fsp3) is 0.688. The van der Waals surface area contributed by atoms with Gasteiger partial charge in [0.15, 0.2) is 0 Å². The molecule has 20 heavy (non-hydrogen) atoms. The predicted molar refractivity (Wildman–Crippen MR) is 85.4 cm³/mol. The number of rotatable bonds is 10. The third-order valence-corrected chi connectivity index (χ3v) is 3.21. The number of nitrogens with zero attached hydrogens (tertiary/aromatic N) is 2. The van der Waals surface area contributed by atoms with E-state index in [0.717, 1.165) is 51.4 Å². The maximum absolute atomic E-state index is 5.02. The number of ether oxygens (including phenoxy) is 1. The molecular formula is C16H29N3O. The van der Waals surface area contributed by atoms with Crippen molar-refractivity contribution in [1.29, 1.82) is 0 Å². The first kappa shape index (κ1) is 16.9. The quantitative estimate of drug-likeness (QED) is 0.668. The van der Waals surface area contributed by atoms with Crippen LogP contribution in [-0.4, -0.2) is 38.3 Å². The fourth-order valence-electron chi connectivity index (χ4n) is 2.32. The van der Waals surface area contributed by atoms with E-state index < -0.39 is 0 Å². The standard InChI is InChI=1S/C16H29N3O/c1-5-8-19(9-6-2)16-14(3)11-15(13-18-16)12-17-7-10-20-4/h11,13,17H,5-10,12H2,1-4H3. The first-order valence-electron chi connectivity index (χ1n) is 7.63. The summed E-state index contributed by atoms with van der Waals surface area (Å²) >= 11 is 0. The second-order valence-corrected chi connectivity index (χ2v) is 5.14. The van der Waals surface area contributed by atoms with Gasteiger partial charge in [0.25, 0.3) is 0 Å². The number of pyridine rings is 1. The molecule has 1 N–H and O–H groups in total. The van der Waals surface area contributed by atoms with Crippen molar-refractivity contribution in [3.8, 4) is 0 Å². The zero-order chi connectivity index (χ0) is 14.8. The molecule has 0 aliphatic rings. The molecule has 4 nitrogen and oxygen atoms in total. The Kier molecular flexibility index (Phi) is 8.23. The van der Waals surface area contributed by atoms with Gasteiger partial charge in [-0.25, -0.2) is 4.98 Å². The Labute approximate surface area is 123 Å². The van der Waals surface area contributed by atoms with Crippen molar-refractivity contribution in [3.63, 3.8) is 0 Å². The monoisotopic (exact) mass is 279 g/mol. The third-order valence-electron chi connectivity index (χ3n) is 3.21. The van der Waals surface area contributed by atoms with Crippen molar-refractivity contribution in [2.45, 2.75) is 40.2 Å². The van der Waals surface area contributed by atoms with E-state index in [2.05, 4.69) is 42.0 Å². The van der Waals surface area contributed by atoms with Gasteiger partial charge in [0, 0.05) is 39.5 Å². The summed E-state index contributed by atoms with van der Waals surface area (Å²) in [6.07, 6.45) is 4.29. The maximum atomic E-state index is 5.02. The van der Waals surface area contributed by atoms with Gasteiger partial charge in [-0.05, 0) is 37.0 Å². The SMILES string of the molecule is CCCN(CCC)c1ncc(CNCCOC)cc1C. The van der Waals surface area contributed by atoms with Crippen LogP contribution in [0.5, 0.6) is 0 Å². The van der Waals surface area contributed by atoms with Crippen LogP contribution in [0.25, 0.3) is 0 Å². The highest BCUT2D eigenvalue weighted by Gasteiger charge is 2.09. The molecule has 0 atom stereocenters. The Hall–Kier alpha value is -1.13. The zero-order valence-corrected chi connectivity index (χ0v) is 13.4. The molecule has 0 fully saturated rings. The highest BCUT2D eigenvalue weighted by Crippen LogP contribution is 2.18. The molecule has 1 aromatic rings. The Bertz CT molecular complexity index is 376. The van der Waals surface area contributed by atoms with Crippen LogP contribution in [0.15, 0.2) is 12.3 Å². The molecule has 0 saturated carbocycles. The lowest BCUT2D eigenvalue weighted by Crippen LogP contribution is -2.27. The number of aryl methyl sites for hydroxylation is 1. The fourth-order valence-corrected chi connectivity index (χ4v) is 2.32. The summed E-state index contributed by atoms with van der Waals surface area (Å²) in [4.78, 5) is 7.06. The van der Waals surface area contributed by atoms with Crippen LogP contribution in [0.2, 0.25) is 0 Å². The van der Waals surface area contributed by atoms with Crippen LogP contribution in [0.1, 0.15) is 37.8 Å². The topological polar surface area (TPSA) is 37.4 Å². The van der Waals surface area contributed by atoms with Crippen molar-refractivity contribution in [2.75, 3.05) is 38.3 Å². The van der Waals surface area contributed by atoms with Gasteiger partial charge in [0.05, 0.1) is 6.61 Å². The first-order chi connectivity index (χ1) is 9.72. The molecule has 0 amide bonds. The van der Waals surface area contributed by atoms with E-state index in [-0.39, 0.29) is 0 Å². The van der Waals surface area contributed by atoms with Gasteiger partial charge in [-0.1, -0.05) is 13.8 Å². The molecule has 0 aliphatic carbocycles. The maximum Gasteiger partial charge on any atom is 0.131 e. The van der Waals surface area contributed by atoms with Crippen molar-refractivity contribution in [3.05, 3.63) is 23.4 Å². The molecule has 1 heterocycles. The Morgan fingerprint density at radius 3 is 2.50 bits per heavy atom. The first-order valence-corrected chi connectivity index (χ1v) is 7.63. The summed E-state index contributed by atoms with van der Waals surface area (Å²) in [5, 5.41) is 3.35. The van der Waals surface area contributed by atoms with E-state index in [0.29, 0.717) is 0 Å². The van der Waals surface area contributed by atoms with Crippen molar-refractivity contribution < 1.29 is 4.74 Å². The summed E-state index contributed by atoms with van der Waals surface area (Å²) in [5.41, 5.74) is 2.49. The normalized spacial score (nSPS) is 10.8. The Morgan fingerprint density at radius 1 is 1.25 bits per heavy atom. The molecule has 0 saturated heterocycles. The molecule has 0 aromatic carbocycles. The van der Waals surface area contributed by atoms with Gasteiger partial charge in [0.2, 0.25) is 0 Å². The van der Waals surface area contributed by atoms with E-state index in [4.69, 9.17) is 4.74 Å². The van der Waals surface area contributed by atoms with E-state index in [1.165, 1.54) is 11.1 Å². The Balaban J connectivity index is 2.65. The average Bonchev–Trinajstić information content (AvgIpc) is 2.44. The number of nitrogens with one attached hydrogen (secondary N) is 1. The molecule has 4 heteroatoms. The zero-order valence-electron chi connectivity index (χ0n) is 13.4. The van der Waals surface area contributed by atoms with Gasteiger partial charge >= 0.3 is 0 Å². The second-order valence-electron chi connectivity index (χ2n) is 5.14. The smallest absolute Gasteiger partial charge is 0.131 e. The molecule has 1 aromatic heterocycles. The third kappa shape index (κ3) is 5.47. The molecule has 1 rings (SSSR count). The van der Waals surface area contributed by atoms with Gasteiger partial charge < -0.3 is 15.0 Å². The van der Waals surface area contributed by atoms with Crippen molar-refractivity contribution >= 4 is 5.82 Å². The lowest BCUT2D eigenvalue weighted by Gasteiger charge is -2.24. The summed E-state index contributed by atoms with van der Waals surface area (Å²) in [6, 6.07) is 2.24. The van der Waals surface area contributed by atoms with Crippen LogP contribution < -0.4 is 10.2 Å². The van der Waals surface area contributed by atoms with Crippen LogP contribution in [0.3, 0.4) is 0 Å². The van der Waals surface area contributed by atoms with Crippen molar-refractivity contribution in [2.24, 2.45) is 0 Å². The number of anilines is 1. The number of methoxy groups -OCH3 is 1. The number of hydrogen-bond acceptors (Lipinski definition) is 4. The largest absolute Gasteiger partial charge is 0.383 e. The summed E-state index contributed by atoms with van der Waals surface area (Å²) in [7, 11) is 1.72. The molecular weight excluding hydrogens is 250 g/mol. The predicted octanol–water partition coefficient (Wildman–Crippen LogP) is 2.75. The van der Waals surface area contributed by atoms with E-state index in [1.54, 1.807) is 7.11 Å². The van der Waals surface area contributed by atoms with Crippen LogP contribution >= 0.6 is 0 Å². The minimum absolute atomic E-state index is 0.741. The second kappa shape index (κ2) is 9.72. The molecule has 0 unspecified atom stereocenters. The van der Waals surface area contributed by atoms with Crippen molar-refractivity contribution in [1.82, 2.24) is 10.3 Å². The van der Waals surface area contributed by atoms with E-state index in [1.807, 2.05) is 6.20 Å². The van der Waals surface area contributed by atoms with Crippen LogP contribution in [0.4, 0.5) is 5.82 Å². The minimum atomic E-state index is 0.741. The minimum Gasteiger partial charge on any atom is -0.383 e. The molecule has 0 aliphatic heterocycles. The number of hydrogen-bond donors (Lipinski definition) is 1. The number of aromatic nitrogens is 1. The molecule has 0 spiro atoms. The summed E-state index contributed by atoms with van der Waals surface area (Å²) in [5.74, 6) is 1.13.